The third kappa shape index (κ3) is 59.8. The van der Waals surface area contributed by atoms with Crippen molar-refractivity contribution in [3.05, 3.63) is 374 Å². The van der Waals surface area contributed by atoms with Crippen molar-refractivity contribution in [3.8, 4) is 11.8 Å². The van der Waals surface area contributed by atoms with Gasteiger partial charge in [-0.15, -0.1) is 0 Å². The number of aliphatic hydroxyl groups excluding tert-OH is 4. The average molecular weight is 1780 g/mol. The van der Waals surface area contributed by atoms with Gasteiger partial charge in [0, 0.05) is 23.7 Å². The van der Waals surface area contributed by atoms with Crippen molar-refractivity contribution in [3.63, 3.8) is 0 Å². The Morgan fingerprint density at radius 1 is 0.328 bits per heavy atom. The van der Waals surface area contributed by atoms with Gasteiger partial charge in [0.2, 0.25) is 0 Å². The largest absolute Gasteiger partial charge is 0.872 e. The molecule has 11 aromatic carbocycles. The van der Waals surface area contributed by atoms with Crippen molar-refractivity contribution in [1.82, 2.24) is 4.98 Å². The van der Waals surface area contributed by atoms with Gasteiger partial charge in [-0.3, -0.25) is 4.98 Å². The molecule has 0 aliphatic heterocycles. The molecule has 1 heterocycles. The van der Waals surface area contributed by atoms with Gasteiger partial charge >= 0.3 is 0 Å². The highest BCUT2D eigenvalue weighted by atomic mass is 31.1. The van der Waals surface area contributed by atoms with Crippen molar-refractivity contribution >= 4 is 86.1 Å². The molecule has 12 rings (SSSR count). The maximum absolute atomic E-state index is 10.6. The summed E-state index contributed by atoms with van der Waals surface area (Å²) in [5.41, 5.74) is 2.17. The molecule has 4 N–H and O–H groups in total. The number of hydrogen-bond donors (Lipinski definition) is 4. The van der Waals surface area contributed by atoms with Crippen molar-refractivity contribution in [2.24, 2.45) is 0 Å². The summed E-state index contributed by atoms with van der Waals surface area (Å²) in [7, 11) is -1.51. The highest BCUT2D eigenvalue weighted by Gasteiger charge is 2.20. The standard InChI is InChI=1S/C26H24P2.C18H15P.C15H16O2.C9H11O2P.C7H5NO.C6H5NO2.C5H12O2.12C2H6/c1-5-13-23(14-6-1)27(24-15-7-2-8-16-24)21-22-28(25-17-9-3-10-18-25)26-19-11-4-12-20-26;1-4-10-16(11-5-1)19(17-12-6-2-7-13-17)18-14-8-3-9-15-18;16-14(12-7-3-1-4-8-12)11-15(17)13-9-5-2-6-10-13;1-12(2)8-6-4-3-5-7(8)9(10)11;8-5-6-3-1-2-4-7(6)9;8-6(9)5-3-1-2-4-7-5;1-4(6)3-5(2)7;12*1-2/h1-20H,21-22H2;1-15H;1-10,14-17H,11H2;3-6H,1-2H3,(H,10,11);1-4,9H;1-4H,(H,8,9);4-7H,3H2,1-2H3;12*1-2H3/p-3. The van der Waals surface area contributed by atoms with E-state index >= 15 is 0 Å². The zero-order valence-electron chi connectivity index (χ0n) is 81.1. The molecule has 0 radical (unpaired) electrons. The number of aromatic carboxylic acids is 2. The predicted molar refractivity (Wildman–Crippen MR) is 553 cm³/mol. The van der Waals surface area contributed by atoms with Gasteiger partial charge in [0.05, 0.1) is 48.1 Å². The molecule has 12 aromatic rings. The van der Waals surface area contributed by atoms with E-state index in [4.69, 9.17) is 15.5 Å². The van der Waals surface area contributed by atoms with Crippen LogP contribution in [0.25, 0.3) is 0 Å². The molecular weight excluding hydrogens is 1620 g/mol. The molecule has 0 fully saturated rings. The number of aromatic nitrogens is 1. The number of rotatable bonds is 19. The van der Waals surface area contributed by atoms with Gasteiger partial charge in [-0.1, -0.05) is 501 Å². The molecule has 11 nitrogen and oxygen atoms in total. The van der Waals surface area contributed by atoms with Crippen LogP contribution in [0.15, 0.2) is 346 Å². The summed E-state index contributed by atoms with van der Waals surface area (Å²) in [6.45, 7) is 55.4. The number of carboxylic acid groups (broad SMARTS) is 2. The van der Waals surface area contributed by atoms with Crippen LogP contribution in [0.5, 0.6) is 5.75 Å². The Morgan fingerprint density at radius 2 is 0.576 bits per heavy atom. The van der Waals surface area contributed by atoms with Crippen LogP contribution < -0.4 is 57.8 Å². The number of carbonyl (C=O) groups is 2. The van der Waals surface area contributed by atoms with Crippen LogP contribution in [0, 0.1) is 11.3 Å². The molecule has 15 heteroatoms. The lowest BCUT2D eigenvalue weighted by molar-refractivity contribution is -0.268. The first kappa shape index (κ1) is 128. The molecule has 0 bridgehead atoms. The number of nitriles is 1. The second-order valence-electron chi connectivity index (χ2n) is 22.8. The molecule has 4 atom stereocenters. The van der Waals surface area contributed by atoms with Crippen LogP contribution in [-0.4, -0.2) is 75.2 Å². The van der Waals surface area contributed by atoms with Gasteiger partial charge in [0.15, 0.2) is 0 Å². The van der Waals surface area contributed by atoms with E-state index < -0.39 is 32.1 Å². The minimum atomic E-state index is -1.24. The number of para-hydroxylation sites is 1. The number of benzene rings is 11. The normalized spacial score (nSPS) is 9.88. The van der Waals surface area contributed by atoms with Crippen LogP contribution in [0.2, 0.25) is 0 Å². The SMILES string of the molecule is CC.CC.CC.CC.CC.CC.CC.CC.CC.CC.CC.CC.CC(O)CC(C)O.CP(C)c1ccccc1C(=O)[O-].N#Cc1ccccc1[O-].O=C([O-])c1ccccn1.OC(CC(O)c1ccccc1)c1ccccc1.c1ccc(P(CCP(c2ccccc2)c2ccccc2)c2ccccc2)cc1.c1ccc(P(c2ccccc2)c2ccccc2)cc1. The van der Waals surface area contributed by atoms with Gasteiger partial charge in [0.1, 0.15) is 0 Å². The first-order chi connectivity index (χ1) is 61.0. The molecule has 1 aromatic heterocycles. The van der Waals surface area contributed by atoms with Crippen LogP contribution in [0.4, 0.5) is 0 Å². The molecule has 0 saturated heterocycles. The Labute approximate surface area is 765 Å². The van der Waals surface area contributed by atoms with Crippen molar-refractivity contribution in [1.29, 1.82) is 5.26 Å². The Balaban J connectivity index is -0.000000258. The van der Waals surface area contributed by atoms with Crippen LogP contribution in [-0.2, 0) is 0 Å². The molecular formula is C110H157N2O9P4-3. The van der Waals surface area contributed by atoms with Crippen molar-refractivity contribution in [2.45, 2.75) is 217 Å². The Morgan fingerprint density at radius 3 is 0.784 bits per heavy atom. The number of carbonyl (C=O) groups excluding carboxylic acids is 2. The second-order valence-corrected chi connectivity index (χ2v) is 32.0. The highest BCUT2D eigenvalue weighted by molar-refractivity contribution is 7.79. The first-order valence-electron chi connectivity index (χ1n) is 44.8. The third-order valence-electron chi connectivity index (χ3n) is 14.8. The molecule has 684 valence electrons. The lowest BCUT2D eigenvalue weighted by Gasteiger charge is -2.24. The van der Waals surface area contributed by atoms with E-state index in [0.717, 1.165) is 16.4 Å². The Kier molecular flexibility index (Phi) is 96.1. The highest BCUT2D eigenvalue weighted by Crippen LogP contribution is 2.41. The number of aliphatic hydroxyl groups is 4. The fourth-order valence-corrected chi connectivity index (χ4v) is 18.7. The maximum atomic E-state index is 10.6. The molecule has 0 spiro atoms. The lowest BCUT2D eigenvalue weighted by Crippen LogP contribution is -2.27. The van der Waals surface area contributed by atoms with Gasteiger partial charge in [0.25, 0.3) is 0 Å². The van der Waals surface area contributed by atoms with Gasteiger partial charge in [-0.25, -0.2) is 0 Å². The number of pyridine rings is 1. The van der Waals surface area contributed by atoms with Gasteiger partial charge in [-0.2, -0.15) is 5.26 Å². The quantitative estimate of drug-likeness (QED) is 0.0558. The fraction of sp³-hybridized carbons (Fsp3) is 0.327. The summed E-state index contributed by atoms with van der Waals surface area (Å²) in [4.78, 5) is 24.2. The van der Waals surface area contributed by atoms with Gasteiger partial charge in [-0.05, 0) is 141 Å². The molecule has 0 saturated carbocycles. The monoisotopic (exact) mass is 1770 g/mol. The van der Waals surface area contributed by atoms with E-state index in [1.807, 2.05) is 252 Å². The van der Waals surface area contributed by atoms with E-state index in [1.54, 1.807) is 56.3 Å². The molecule has 0 amide bonds. The van der Waals surface area contributed by atoms with Crippen LogP contribution in [0.1, 0.15) is 243 Å². The smallest absolute Gasteiger partial charge is 0.0985 e. The molecule has 125 heavy (non-hydrogen) atoms. The summed E-state index contributed by atoms with van der Waals surface area (Å²) < 4.78 is 0. The molecule has 4 unspecified atom stereocenters. The predicted octanol–water partition coefficient (Wildman–Crippen LogP) is 24.5. The van der Waals surface area contributed by atoms with E-state index in [0.29, 0.717) is 18.4 Å². The first-order valence-corrected chi connectivity index (χ1v) is 51.5. The zero-order valence-corrected chi connectivity index (χ0v) is 84.6. The summed E-state index contributed by atoms with van der Waals surface area (Å²) >= 11 is 0. The zero-order chi connectivity index (χ0) is 96.4. The summed E-state index contributed by atoms with van der Waals surface area (Å²) in [6.07, 6.45) is 2.59. The Hall–Kier alpha value is -9.64. The van der Waals surface area contributed by atoms with Crippen LogP contribution in [0.3, 0.4) is 0 Å². The van der Waals surface area contributed by atoms with Crippen molar-refractivity contribution < 1.29 is 45.3 Å². The third-order valence-corrected chi connectivity index (χ3v) is 24.0. The number of hydrogen-bond acceptors (Lipinski definition) is 11. The number of nitrogens with zero attached hydrogens (tertiary/aromatic N) is 2. The lowest BCUT2D eigenvalue weighted by atomic mass is 9.99. The average Bonchev–Trinajstić information content (AvgIpc) is 0.817. The Bertz CT molecular complexity index is 3930. The van der Waals surface area contributed by atoms with E-state index in [9.17, 15) is 35.1 Å². The molecule has 0 aliphatic rings. The van der Waals surface area contributed by atoms with Crippen molar-refractivity contribution in [2.75, 3.05) is 25.7 Å². The summed E-state index contributed by atoms with van der Waals surface area (Å²) in [6, 6.07) is 115. The number of carboxylic acids is 2. The summed E-state index contributed by atoms with van der Waals surface area (Å²) in [5, 5.41) is 87.6. The van der Waals surface area contributed by atoms with E-state index in [2.05, 4.69) is 217 Å². The second kappa shape index (κ2) is 93.5. The van der Waals surface area contributed by atoms with Gasteiger partial charge < -0.3 is 45.3 Å². The summed E-state index contributed by atoms with van der Waals surface area (Å²) in [5.74, 6) is -2.53. The van der Waals surface area contributed by atoms with Crippen LogP contribution >= 0.6 is 31.7 Å². The fourth-order valence-electron chi connectivity index (χ4n) is 10.0. The minimum absolute atomic E-state index is 0.0301. The van der Waals surface area contributed by atoms with E-state index in [1.165, 1.54) is 73.9 Å². The topological polar surface area (TPSA) is 221 Å². The van der Waals surface area contributed by atoms with E-state index in [-0.39, 0.29) is 53.0 Å². The molecule has 0 aliphatic carbocycles. The maximum Gasteiger partial charge on any atom is 0.0985 e. The minimum Gasteiger partial charge on any atom is -0.872 e.